The molecule has 0 fully saturated rings. The van der Waals surface area contributed by atoms with Gasteiger partial charge in [0.25, 0.3) is 0 Å². The van der Waals surface area contributed by atoms with E-state index in [1.54, 1.807) is 0 Å². The molecule has 1 aromatic rings. The lowest BCUT2D eigenvalue weighted by Gasteiger charge is -2.34. The summed E-state index contributed by atoms with van der Waals surface area (Å²) in [6, 6.07) is 0. The number of nitrogens with one attached hydrogen (secondary N) is 1. The first-order valence-corrected chi connectivity index (χ1v) is 7.26. The van der Waals surface area contributed by atoms with E-state index in [4.69, 9.17) is 18.0 Å². The molecule has 0 spiro atoms. The van der Waals surface area contributed by atoms with Crippen LogP contribution in [0.15, 0.2) is 0 Å². The molecule has 1 rings (SSSR count). The van der Waals surface area contributed by atoms with Gasteiger partial charge in [-0.25, -0.2) is 0 Å². The molecule has 0 saturated carbocycles. The van der Waals surface area contributed by atoms with E-state index in [1.165, 1.54) is 0 Å². The molecule has 0 atom stereocenters. The third-order valence-corrected chi connectivity index (χ3v) is 3.33. The van der Waals surface area contributed by atoms with Crippen molar-refractivity contribution in [1.82, 2.24) is 10.2 Å². The number of nitrogens with two attached hydrogens (primary N) is 1. The van der Waals surface area contributed by atoms with Crippen LogP contribution in [0.5, 0.6) is 0 Å². The van der Waals surface area contributed by atoms with E-state index < -0.39 is 0 Å². The lowest BCUT2D eigenvalue weighted by Crippen LogP contribution is -2.37. The molecular weight excluding hydrogens is 268 g/mol. The maximum atomic E-state index is 5.85. The molecule has 0 aliphatic rings. The fraction of sp³-hybridized carbons (Fsp3) is 0.667. The summed E-state index contributed by atoms with van der Waals surface area (Å²) < 4.78 is 0. The zero-order chi connectivity index (χ0) is 15.7. The Morgan fingerprint density at radius 1 is 1.15 bits per heavy atom. The molecule has 0 aliphatic heterocycles. The second-order valence-electron chi connectivity index (χ2n) is 7.24. The molecule has 112 valence electrons. The van der Waals surface area contributed by atoms with Crippen LogP contribution in [-0.2, 0) is 0 Å². The van der Waals surface area contributed by atoms with Crippen LogP contribution in [0.1, 0.15) is 57.9 Å². The second-order valence-corrected chi connectivity index (χ2v) is 7.68. The lowest BCUT2D eigenvalue weighted by atomic mass is 9.81. The van der Waals surface area contributed by atoms with Gasteiger partial charge in [0.2, 0.25) is 0 Å². The molecule has 0 bridgehead atoms. The van der Waals surface area contributed by atoms with Crippen molar-refractivity contribution in [3.05, 3.63) is 16.8 Å². The standard InChI is InChI=1S/C15H26N4S/c1-9-10(2)18-19-13(11(9)12(16)20)17-15(6,7)8-14(3,4)5/h8H2,1-7H3,(H2,16,20)(H,17,19). The molecule has 20 heavy (non-hydrogen) atoms. The average Bonchev–Trinajstić information content (AvgIpc) is 2.18. The Bertz CT molecular complexity index is 515. The molecule has 0 aromatic carbocycles. The second kappa shape index (κ2) is 5.64. The normalized spacial score (nSPS) is 12.3. The van der Waals surface area contributed by atoms with Gasteiger partial charge in [0.1, 0.15) is 4.99 Å². The van der Waals surface area contributed by atoms with Crippen LogP contribution in [0.3, 0.4) is 0 Å². The molecular formula is C15H26N4S. The lowest BCUT2D eigenvalue weighted by molar-refractivity contribution is 0.302. The van der Waals surface area contributed by atoms with Crippen molar-refractivity contribution in [3.8, 4) is 0 Å². The van der Waals surface area contributed by atoms with Crippen molar-refractivity contribution >= 4 is 23.0 Å². The summed E-state index contributed by atoms with van der Waals surface area (Å²) in [6.07, 6.45) is 0.991. The van der Waals surface area contributed by atoms with Gasteiger partial charge < -0.3 is 11.1 Å². The van der Waals surface area contributed by atoms with Crippen LogP contribution < -0.4 is 11.1 Å². The Balaban J connectivity index is 3.16. The molecule has 1 aromatic heterocycles. The zero-order valence-corrected chi connectivity index (χ0v) is 14.4. The van der Waals surface area contributed by atoms with E-state index in [0.717, 1.165) is 23.2 Å². The number of aromatic nitrogens is 2. The highest BCUT2D eigenvalue weighted by Crippen LogP contribution is 2.30. The van der Waals surface area contributed by atoms with E-state index in [2.05, 4.69) is 50.1 Å². The Morgan fingerprint density at radius 2 is 1.70 bits per heavy atom. The highest BCUT2D eigenvalue weighted by Gasteiger charge is 2.27. The minimum absolute atomic E-state index is 0.117. The molecule has 0 unspecified atom stereocenters. The van der Waals surface area contributed by atoms with Crippen LogP contribution in [0.25, 0.3) is 0 Å². The minimum Gasteiger partial charge on any atom is -0.389 e. The number of hydrogen-bond donors (Lipinski definition) is 2. The number of hydrogen-bond acceptors (Lipinski definition) is 4. The molecule has 5 heteroatoms. The summed E-state index contributed by atoms with van der Waals surface area (Å²) in [7, 11) is 0. The van der Waals surface area contributed by atoms with Crippen molar-refractivity contribution in [2.24, 2.45) is 11.1 Å². The highest BCUT2D eigenvalue weighted by molar-refractivity contribution is 7.80. The third-order valence-electron chi connectivity index (χ3n) is 3.13. The van der Waals surface area contributed by atoms with E-state index >= 15 is 0 Å². The number of rotatable bonds is 4. The largest absolute Gasteiger partial charge is 0.389 e. The predicted molar refractivity (Wildman–Crippen MR) is 89.2 cm³/mol. The van der Waals surface area contributed by atoms with Crippen LogP contribution in [0, 0.1) is 19.3 Å². The predicted octanol–water partition coefficient (Wildman–Crippen LogP) is 3.35. The molecule has 0 amide bonds. The molecule has 1 heterocycles. The van der Waals surface area contributed by atoms with E-state index in [1.807, 2.05) is 13.8 Å². The van der Waals surface area contributed by atoms with Crippen LogP contribution in [-0.4, -0.2) is 20.7 Å². The van der Waals surface area contributed by atoms with Crippen molar-refractivity contribution in [3.63, 3.8) is 0 Å². The monoisotopic (exact) mass is 294 g/mol. The zero-order valence-electron chi connectivity index (χ0n) is 13.6. The third kappa shape index (κ3) is 4.40. The minimum atomic E-state index is -0.117. The van der Waals surface area contributed by atoms with Gasteiger partial charge in [-0.2, -0.15) is 5.10 Å². The number of anilines is 1. The van der Waals surface area contributed by atoms with Gasteiger partial charge in [-0.1, -0.05) is 33.0 Å². The highest BCUT2D eigenvalue weighted by atomic mass is 32.1. The number of nitrogens with zero attached hydrogens (tertiary/aromatic N) is 2. The van der Waals surface area contributed by atoms with Gasteiger partial charge in [-0.05, 0) is 45.1 Å². The molecule has 0 saturated heterocycles. The Kier molecular flexibility index (Phi) is 4.74. The smallest absolute Gasteiger partial charge is 0.159 e. The Hall–Kier alpha value is -1.23. The van der Waals surface area contributed by atoms with Crippen LogP contribution in [0.4, 0.5) is 5.82 Å². The quantitative estimate of drug-likeness (QED) is 0.834. The summed E-state index contributed by atoms with van der Waals surface area (Å²) >= 11 is 5.17. The van der Waals surface area contributed by atoms with Gasteiger partial charge in [-0.15, -0.1) is 5.10 Å². The SMILES string of the molecule is Cc1nnc(NC(C)(C)CC(C)(C)C)c(C(N)=S)c1C. The van der Waals surface area contributed by atoms with Gasteiger partial charge in [0.15, 0.2) is 5.82 Å². The molecule has 4 nitrogen and oxygen atoms in total. The van der Waals surface area contributed by atoms with Gasteiger partial charge in [0, 0.05) is 5.54 Å². The Labute approximate surface area is 127 Å². The van der Waals surface area contributed by atoms with E-state index in [0.29, 0.717) is 10.8 Å². The van der Waals surface area contributed by atoms with Gasteiger partial charge in [-0.3, -0.25) is 0 Å². The molecule has 0 radical (unpaired) electrons. The van der Waals surface area contributed by atoms with Crippen molar-refractivity contribution in [2.75, 3.05) is 5.32 Å². The maximum Gasteiger partial charge on any atom is 0.159 e. The number of aryl methyl sites for hydroxylation is 1. The van der Waals surface area contributed by atoms with Gasteiger partial charge >= 0.3 is 0 Å². The first-order valence-electron chi connectivity index (χ1n) is 6.85. The first kappa shape index (κ1) is 16.8. The van der Waals surface area contributed by atoms with Crippen molar-refractivity contribution < 1.29 is 0 Å². The summed E-state index contributed by atoms with van der Waals surface area (Å²) in [5.41, 5.74) is 8.59. The average molecular weight is 294 g/mol. The summed E-state index contributed by atoms with van der Waals surface area (Å²) in [5.74, 6) is 0.676. The summed E-state index contributed by atoms with van der Waals surface area (Å²) in [5, 5.41) is 11.9. The first-order chi connectivity index (χ1) is 8.93. The number of thiocarbonyl (C=S) groups is 1. The molecule has 3 N–H and O–H groups in total. The topological polar surface area (TPSA) is 63.8 Å². The van der Waals surface area contributed by atoms with Crippen molar-refractivity contribution in [2.45, 2.75) is 60.4 Å². The van der Waals surface area contributed by atoms with Crippen LogP contribution in [0.2, 0.25) is 0 Å². The maximum absolute atomic E-state index is 5.85. The van der Waals surface area contributed by atoms with E-state index in [9.17, 15) is 0 Å². The van der Waals surface area contributed by atoms with Gasteiger partial charge in [0.05, 0.1) is 11.3 Å². The fourth-order valence-corrected chi connectivity index (χ4v) is 2.94. The molecule has 0 aliphatic carbocycles. The fourth-order valence-electron chi connectivity index (χ4n) is 2.69. The van der Waals surface area contributed by atoms with E-state index in [-0.39, 0.29) is 11.0 Å². The van der Waals surface area contributed by atoms with Crippen molar-refractivity contribution in [1.29, 1.82) is 0 Å². The summed E-state index contributed by atoms with van der Waals surface area (Å²) in [4.78, 5) is 0.356. The Morgan fingerprint density at radius 3 is 2.15 bits per heavy atom. The van der Waals surface area contributed by atoms with Crippen LogP contribution >= 0.6 is 12.2 Å². The summed E-state index contributed by atoms with van der Waals surface area (Å²) in [6.45, 7) is 14.8.